The number of carbonyl (C=O) groups excluding carboxylic acids is 2. The number of likely N-dealkylation sites (tertiary alicyclic amines) is 2. The van der Waals surface area contributed by atoms with E-state index in [4.69, 9.17) is 0 Å². The number of rotatable bonds is 8. The van der Waals surface area contributed by atoms with Crippen LogP contribution in [0.1, 0.15) is 51.5 Å². The summed E-state index contributed by atoms with van der Waals surface area (Å²) in [5, 5.41) is 0. The van der Waals surface area contributed by atoms with Crippen LogP contribution in [0.5, 0.6) is 0 Å². The van der Waals surface area contributed by atoms with E-state index in [1.165, 1.54) is 4.31 Å². The first-order valence-electron chi connectivity index (χ1n) is 11.5. The van der Waals surface area contributed by atoms with Crippen molar-refractivity contribution >= 4 is 21.8 Å². The quantitative estimate of drug-likeness (QED) is 0.611. The fourth-order valence-electron chi connectivity index (χ4n) is 4.52. The van der Waals surface area contributed by atoms with Crippen molar-refractivity contribution in [1.29, 1.82) is 0 Å². The Morgan fingerprint density at radius 3 is 2.06 bits per heavy atom. The highest BCUT2D eigenvalue weighted by molar-refractivity contribution is 7.89. The van der Waals surface area contributed by atoms with E-state index in [1.54, 1.807) is 24.3 Å². The predicted molar refractivity (Wildman–Crippen MR) is 120 cm³/mol. The zero-order valence-electron chi connectivity index (χ0n) is 18.8. The summed E-state index contributed by atoms with van der Waals surface area (Å²) < 4.78 is 26.6. The molecule has 0 aromatic heterocycles. The Morgan fingerprint density at radius 1 is 0.935 bits per heavy atom. The van der Waals surface area contributed by atoms with Crippen LogP contribution in [-0.4, -0.2) is 73.6 Å². The minimum absolute atomic E-state index is 0.0578. The normalized spacial score (nSPS) is 18.0. The van der Waals surface area contributed by atoms with Gasteiger partial charge >= 0.3 is 0 Å². The summed E-state index contributed by atoms with van der Waals surface area (Å²) in [6.07, 6.45) is 4.68. The summed E-state index contributed by atoms with van der Waals surface area (Å²) in [7, 11) is -3.46. The molecule has 2 amide bonds. The number of sulfonamides is 1. The summed E-state index contributed by atoms with van der Waals surface area (Å²) in [4.78, 5) is 29.3. The van der Waals surface area contributed by atoms with Crippen molar-refractivity contribution in [1.82, 2.24) is 14.1 Å². The number of aryl methyl sites for hydroxylation is 1. The van der Waals surface area contributed by atoms with Gasteiger partial charge in [-0.1, -0.05) is 26.0 Å². The van der Waals surface area contributed by atoms with E-state index in [0.29, 0.717) is 39.0 Å². The highest BCUT2D eigenvalue weighted by Crippen LogP contribution is 2.23. The molecule has 1 aromatic carbocycles. The fraction of sp³-hybridized carbons (Fsp3) is 0.652. The van der Waals surface area contributed by atoms with Gasteiger partial charge in [-0.15, -0.1) is 0 Å². The van der Waals surface area contributed by atoms with Crippen LogP contribution in [0.25, 0.3) is 0 Å². The number of piperidine rings is 1. The molecular weight excluding hydrogens is 414 g/mol. The Labute approximate surface area is 186 Å². The molecule has 2 fully saturated rings. The maximum atomic E-state index is 12.6. The molecule has 31 heavy (non-hydrogen) atoms. The molecule has 0 unspecified atom stereocenters. The van der Waals surface area contributed by atoms with Gasteiger partial charge in [-0.2, -0.15) is 4.31 Å². The molecule has 8 heteroatoms. The molecular formula is C23H35N3O4S. The van der Waals surface area contributed by atoms with E-state index < -0.39 is 10.0 Å². The number of nitrogens with zero attached hydrogens (tertiary/aromatic N) is 3. The van der Waals surface area contributed by atoms with Crippen molar-refractivity contribution in [2.75, 3.05) is 39.3 Å². The second kappa shape index (κ2) is 10.6. The van der Waals surface area contributed by atoms with Crippen LogP contribution in [0, 0.1) is 5.92 Å². The van der Waals surface area contributed by atoms with Gasteiger partial charge in [0.05, 0.1) is 4.90 Å². The first-order chi connectivity index (χ1) is 14.9. The summed E-state index contributed by atoms with van der Waals surface area (Å²) in [6.45, 7) is 7.58. The van der Waals surface area contributed by atoms with Crippen molar-refractivity contribution in [2.45, 2.75) is 57.3 Å². The standard InChI is InChI=1S/C23H35N3O4S/c1-3-26(4-2)31(29,30)21-10-7-19(8-11-21)9-12-22(27)24-17-13-20(14-18-24)23(28)25-15-5-6-16-25/h7-8,10-11,20H,3-6,9,12-18H2,1-2H3. The zero-order valence-corrected chi connectivity index (χ0v) is 19.6. The van der Waals surface area contributed by atoms with Crippen molar-refractivity contribution in [3.05, 3.63) is 29.8 Å². The van der Waals surface area contributed by atoms with E-state index >= 15 is 0 Å². The van der Waals surface area contributed by atoms with Crippen molar-refractivity contribution < 1.29 is 18.0 Å². The molecule has 0 spiro atoms. The Kier molecular flexibility index (Phi) is 8.11. The highest BCUT2D eigenvalue weighted by atomic mass is 32.2. The number of benzene rings is 1. The van der Waals surface area contributed by atoms with E-state index in [-0.39, 0.29) is 22.6 Å². The summed E-state index contributed by atoms with van der Waals surface area (Å²) in [5.41, 5.74) is 0.950. The van der Waals surface area contributed by atoms with Gasteiger partial charge in [0.25, 0.3) is 0 Å². The van der Waals surface area contributed by atoms with Gasteiger partial charge in [0.1, 0.15) is 0 Å². The second-order valence-corrected chi connectivity index (χ2v) is 10.4. The van der Waals surface area contributed by atoms with Gasteiger partial charge in [-0.3, -0.25) is 9.59 Å². The van der Waals surface area contributed by atoms with E-state index in [1.807, 2.05) is 23.6 Å². The lowest BCUT2D eigenvalue weighted by atomic mass is 9.95. The molecule has 0 saturated carbocycles. The van der Waals surface area contributed by atoms with E-state index in [9.17, 15) is 18.0 Å². The SMILES string of the molecule is CCN(CC)S(=O)(=O)c1ccc(CCC(=O)N2CCC(C(=O)N3CCCC3)CC2)cc1. The van der Waals surface area contributed by atoms with Gasteiger partial charge in [0, 0.05) is 51.6 Å². The molecule has 1 aromatic rings. The maximum Gasteiger partial charge on any atom is 0.243 e. The van der Waals surface area contributed by atoms with Crippen LogP contribution in [0.2, 0.25) is 0 Å². The Morgan fingerprint density at radius 2 is 1.52 bits per heavy atom. The Bertz CT molecular complexity index is 851. The Balaban J connectivity index is 1.47. The number of hydrogen-bond acceptors (Lipinski definition) is 4. The topological polar surface area (TPSA) is 78.0 Å². The summed E-state index contributed by atoms with van der Waals surface area (Å²) in [6, 6.07) is 6.85. The van der Waals surface area contributed by atoms with Gasteiger partial charge in [-0.05, 0) is 49.8 Å². The van der Waals surface area contributed by atoms with Crippen molar-refractivity contribution in [2.24, 2.45) is 5.92 Å². The summed E-state index contributed by atoms with van der Waals surface area (Å²) in [5.74, 6) is 0.429. The lowest BCUT2D eigenvalue weighted by Crippen LogP contribution is -2.43. The number of carbonyl (C=O) groups is 2. The van der Waals surface area contributed by atoms with Crippen LogP contribution >= 0.6 is 0 Å². The maximum absolute atomic E-state index is 12.6. The molecule has 7 nitrogen and oxygen atoms in total. The first kappa shape index (κ1) is 23.7. The summed E-state index contributed by atoms with van der Waals surface area (Å²) >= 11 is 0. The van der Waals surface area contributed by atoms with Crippen LogP contribution in [-0.2, 0) is 26.0 Å². The van der Waals surface area contributed by atoms with E-state index in [2.05, 4.69) is 0 Å². The highest BCUT2D eigenvalue weighted by Gasteiger charge is 2.31. The molecule has 172 valence electrons. The van der Waals surface area contributed by atoms with Gasteiger partial charge in [0.2, 0.25) is 21.8 Å². The second-order valence-electron chi connectivity index (χ2n) is 8.42. The monoisotopic (exact) mass is 449 g/mol. The molecule has 3 rings (SSSR count). The Hall–Kier alpha value is -1.93. The largest absolute Gasteiger partial charge is 0.343 e. The van der Waals surface area contributed by atoms with Crippen molar-refractivity contribution in [3.63, 3.8) is 0 Å². The minimum atomic E-state index is -3.46. The number of amides is 2. The van der Waals surface area contributed by atoms with Gasteiger partial charge < -0.3 is 9.80 Å². The van der Waals surface area contributed by atoms with Crippen LogP contribution in [0.15, 0.2) is 29.2 Å². The molecule has 0 bridgehead atoms. The van der Waals surface area contributed by atoms with Crippen LogP contribution in [0.3, 0.4) is 0 Å². The average Bonchev–Trinajstić information content (AvgIpc) is 3.33. The zero-order chi connectivity index (χ0) is 22.4. The molecule has 2 saturated heterocycles. The van der Waals surface area contributed by atoms with Crippen LogP contribution < -0.4 is 0 Å². The predicted octanol–water partition coefficient (Wildman–Crippen LogP) is 2.51. The molecule has 0 aliphatic carbocycles. The first-order valence-corrected chi connectivity index (χ1v) is 13.0. The third-order valence-electron chi connectivity index (χ3n) is 6.51. The van der Waals surface area contributed by atoms with Crippen LogP contribution in [0.4, 0.5) is 0 Å². The van der Waals surface area contributed by atoms with Gasteiger partial charge in [0.15, 0.2) is 0 Å². The molecule has 0 N–H and O–H groups in total. The molecule has 0 radical (unpaired) electrons. The third kappa shape index (κ3) is 5.66. The fourth-order valence-corrected chi connectivity index (χ4v) is 5.98. The molecule has 0 atom stereocenters. The third-order valence-corrected chi connectivity index (χ3v) is 8.57. The minimum Gasteiger partial charge on any atom is -0.343 e. The van der Waals surface area contributed by atoms with Crippen molar-refractivity contribution in [3.8, 4) is 0 Å². The molecule has 2 aliphatic rings. The van der Waals surface area contributed by atoms with Gasteiger partial charge in [-0.25, -0.2) is 8.42 Å². The lowest BCUT2D eigenvalue weighted by molar-refractivity contribution is -0.140. The van der Waals surface area contributed by atoms with E-state index in [0.717, 1.165) is 44.3 Å². The number of hydrogen-bond donors (Lipinski definition) is 0. The smallest absolute Gasteiger partial charge is 0.243 e. The lowest BCUT2D eigenvalue weighted by Gasteiger charge is -2.33. The molecule has 2 aliphatic heterocycles. The average molecular weight is 450 g/mol. The molecule has 2 heterocycles.